The van der Waals surface area contributed by atoms with E-state index < -0.39 is 12.1 Å². The molecule has 3 amide bonds. The van der Waals surface area contributed by atoms with E-state index in [-0.39, 0.29) is 5.91 Å². The number of hydrogen-bond donors (Lipinski definition) is 2. The second-order valence-corrected chi connectivity index (χ2v) is 5.87. The molecule has 1 heterocycles. The number of ether oxygens (including phenoxy) is 1. The van der Waals surface area contributed by atoms with Crippen molar-refractivity contribution >= 4 is 29.2 Å². The van der Waals surface area contributed by atoms with Crippen LogP contribution in [-0.2, 0) is 11.2 Å². The molecule has 124 valence electrons. The Morgan fingerprint density at radius 3 is 2.67 bits per heavy atom. The molecule has 0 saturated carbocycles. The molecule has 0 aromatic heterocycles. The van der Waals surface area contributed by atoms with Gasteiger partial charge in [0.15, 0.2) is 5.75 Å². The van der Waals surface area contributed by atoms with Gasteiger partial charge >= 0.3 is 6.03 Å². The summed E-state index contributed by atoms with van der Waals surface area (Å²) in [6.07, 6.45) is 0.348. The lowest BCUT2D eigenvalue weighted by Crippen LogP contribution is -2.53. The minimum absolute atomic E-state index is 0.253. The summed E-state index contributed by atoms with van der Waals surface area (Å²) in [7, 11) is 1.63. The average molecular weight is 346 g/mol. The quantitative estimate of drug-likeness (QED) is 0.896. The SMILES string of the molecule is CN1C(=O)[C@H](NC(N)=O)Cc2cccc(Oc3ccccc3Cl)c21. The third-order valence-corrected chi connectivity index (χ3v) is 4.16. The van der Waals surface area contributed by atoms with Gasteiger partial charge in [-0.15, -0.1) is 0 Å². The van der Waals surface area contributed by atoms with Crippen LogP contribution in [0.3, 0.4) is 0 Å². The number of hydrogen-bond acceptors (Lipinski definition) is 3. The number of nitrogens with zero attached hydrogens (tertiary/aromatic N) is 1. The van der Waals surface area contributed by atoms with Crippen LogP contribution in [0.1, 0.15) is 5.56 Å². The number of anilines is 1. The van der Waals surface area contributed by atoms with Crippen LogP contribution in [0.2, 0.25) is 5.02 Å². The number of rotatable bonds is 3. The predicted octanol–water partition coefficient (Wildman–Crippen LogP) is 2.69. The lowest BCUT2D eigenvalue weighted by Gasteiger charge is -2.32. The number of benzene rings is 2. The molecule has 0 bridgehead atoms. The van der Waals surface area contributed by atoms with E-state index >= 15 is 0 Å². The fourth-order valence-electron chi connectivity index (χ4n) is 2.78. The van der Waals surface area contributed by atoms with Crippen LogP contribution in [0.4, 0.5) is 10.5 Å². The van der Waals surface area contributed by atoms with Gasteiger partial charge in [0, 0.05) is 13.5 Å². The van der Waals surface area contributed by atoms with Gasteiger partial charge in [-0.25, -0.2) is 4.79 Å². The number of primary amides is 1. The first kappa shape index (κ1) is 16.1. The first-order valence-corrected chi connectivity index (χ1v) is 7.73. The Labute approximate surface area is 144 Å². The number of carbonyl (C=O) groups is 2. The Hall–Kier alpha value is -2.73. The van der Waals surface area contributed by atoms with Gasteiger partial charge in [-0.3, -0.25) is 4.79 Å². The molecule has 1 atom stereocenters. The summed E-state index contributed by atoms with van der Waals surface area (Å²) in [5.74, 6) is 0.774. The first-order valence-electron chi connectivity index (χ1n) is 7.35. The van der Waals surface area contributed by atoms with Crippen molar-refractivity contribution in [1.82, 2.24) is 5.32 Å². The van der Waals surface area contributed by atoms with Crippen molar-refractivity contribution in [2.45, 2.75) is 12.5 Å². The van der Waals surface area contributed by atoms with E-state index in [0.29, 0.717) is 28.6 Å². The maximum Gasteiger partial charge on any atom is 0.312 e. The molecule has 0 unspecified atom stereocenters. The number of nitrogens with one attached hydrogen (secondary N) is 1. The third kappa shape index (κ3) is 3.00. The number of urea groups is 1. The van der Waals surface area contributed by atoms with E-state index in [4.69, 9.17) is 22.1 Å². The van der Waals surface area contributed by atoms with Gasteiger partial charge in [-0.05, 0) is 23.8 Å². The summed E-state index contributed by atoms with van der Waals surface area (Å²) in [5.41, 5.74) is 6.67. The van der Waals surface area contributed by atoms with Gasteiger partial charge < -0.3 is 20.7 Å². The lowest BCUT2D eigenvalue weighted by atomic mass is 9.97. The van der Waals surface area contributed by atoms with Crippen molar-refractivity contribution in [3.63, 3.8) is 0 Å². The highest BCUT2D eigenvalue weighted by atomic mass is 35.5. The number of nitrogens with two attached hydrogens (primary N) is 1. The van der Waals surface area contributed by atoms with E-state index in [1.54, 1.807) is 25.2 Å². The second kappa shape index (κ2) is 6.41. The molecule has 2 aromatic rings. The van der Waals surface area contributed by atoms with E-state index in [0.717, 1.165) is 5.56 Å². The van der Waals surface area contributed by atoms with Crippen LogP contribution >= 0.6 is 11.6 Å². The minimum atomic E-state index is -0.728. The highest BCUT2D eigenvalue weighted by Gasteiger charge is 2.33. The summed E-state index contributed by atoms with van der Waals surface area (Å²) >= 11 is 6.14. The van der Waals surface area contributed by atoms with Crippen LogP contribution in [0.15, 0.2) is 42.5 Å². The zero-order valence-corrected chi connectivity index (χ0v) is 13.7. The number of para-hydroxylation sites is 2. The molecular weight excluding hydrogens is 330 g/mol. The monoisotopic (exact) mass is 345 g/mol. The van der Waals surface area contributed by atoms with Gasteiger partial charge in [0.1, 0.15) is 11.8 Å². The molecule has 7 heteroatoms. The smallest absolute Gasteiger partial charge is 0.312 e. The molecule has 0 saturated heterocycles. The summed E-state index contributed by atoms with van der Waals surface area (Å²) in [6.45, 7) is 0. The Morgan fingerprint density at radius 2 is 1.96 bits per heavy atom. The van der Waals surface area contributed by atoms with Gasteiger partial charge in [-0.2, -0.15) is 0 Å². The largest absolute Gasteiger partial charge is 0.454 e. The summed E-state index contributed by atoms with van der Waals surface area (Å²) in [5, 5.41) is 2.95. The van der Waals surface area contributed by atoms with E-state index in [2.05, 4.69) is 5.32 Å². The molecule has 0 spiro atoms. The number of carbonyl (C=O) groups excluding carboxylic acids is 2. The zero-order chi connectivity index (χ0) is 17.3. The summed E-state index contributed by atoms with van der Waals surface area (Å²) < 4.78 is 5.90. The third-order valence-electron chi connectivity index (χ3n) is 3.84. The van der Waals surface area contributed by atoms with Gasteiger partial charge in [0.05, 0.1) is 10.7 Å². The van der Waals surface area contributed by atoms with Crippen molar-refractivity contribution in [3.8, 4) is 11.5 Å². The molecular formula is C17H16ClN3O3. The van der Waals surface area contributed by atoms with Gasteiger partial charge in [0.25, 0.3) is 0 Å². The van der Waals surface area contributed by atoms with Crippen LogP contribution in [0.25, 0.3) is 0 Å². The molecule has 0 aliphatic carbocycles. The fraction of sp³-hybridized carbons (Fsp3) is 0.176. The molecule has 24 heavy (non-hydrogen) atoms. The van der Waals surface area contributed by atoms with Gasteiger partial charge in [-0.1, -0.05) is 35.9 Å². The molecule has 0 radical (unpaired) electrons. The molecule has 3 rings (SSSR count). The Kier molecular flexibility index (Phi) is 4.31. The van der Waals surface area contributed by atoms with E-state index in [1.807, 2.05) is 24.3 Å². The normalized spacial score (nSPS) is 16.5. The molecule has 2 aromatic carbocycles. The average Bonchev–Trinajstić information content (AvgIpc) is 2.54. The Bertz CT molecular complexity index is 809. The molecule has 6 nitrogen and oxygen atoms in total. The van der Waals surface area contributed by atoms with Crippen LogP contribution in [-0.4, -0.2) is 25.0 Å². The molecule has 1 aliphatic rings. The van der Waals surface area contributed by atoms with E-state index in [9.17, 15) is 9.59 Å². The number of fused-ring (bicyclic) bond motifs is 1. The van der Waals surface area contributed by atoms with Gasteiger partial charge in [0.2, 0.25) is 5.91 Å². The number of amides is 3. The van der Waals surface area contributed by atoms with Crippen molar-refractivity contribution in [2.75, 3.05) is 11.9 Å². The Balaban J connectivity index is 1.97. The lowest BCUT2D eigenvalue weighted by molar-refractivity contribution is -0.120. The minimum Gasteiger partial charge on any atom is -0.454 e. The standard InChI is InChI=1S/C17H16ClN3O3/c1-21-15-10(9-12(16(21)22)20-17(19)23)5-4-8-14(15)24-13-7-3-2-6-11(13)18/h2-8,12H,9H2,1H3,(H3,19,20,23)/t12-/m1/s1. The van der Waals surface area contributed by atoms with Crippen molar-refractivity contribution in [3.05, 3.63) is 53.1 Å². The highest BCUT2D eigenvalue weighted by Crippen LogP contribution is 2.39. The second-order valence-electron chi connectivity index (χ2n) is 5.46. The topological polar surface area (TPSA) is 84.7 Å². The summed E-state index contributed by atoms with van der Waals surface area (Å²) in [6, 6.07) is 11.2. The van der Waals surface area contributed by atoms with Crippen molar-refractivity contribution in [2.24, 2.45) is 5.73 Å². The molecule has 0 fully saturated rings. The highest BCUT2D eigenvalue weighted by molar-refractivity contribution is 6.32. The van der Waals surface area contributed by atoms with Crippen LogP contribution < -0.4 is 20.7 Å². The zero-order valence-electron chi connectivity index (χ0n) is 13.0. The van der Waals surface area contributed by atoms with Crippen molar-refractivity contribution < 1.29 is 14.3 Å². The maximum absolute atomic E-state index is 12.5. The Morgan fingerprint density at radius 1 is 1.25 bits per heavy atom. The first-order chi connectivity index (χ1) is 11.5. The van der Waals surface area contributed by atoms with Crippen molar-refractivity contribution in [1.29, 1.82) is 0 Å². The van der Waals surface area contributed by atoms with Crippen LogP contribution in [0.5, 0.6) is 11.5 Å². The van der Waals surface area contributed by atoms with E-state index in [1.165, 1.54) is 4.90 Å². The number of halogens is 1. The predicted molar refractivity (Wildman–Crippen MR) is 91.6 cm³/mol. The number of likely N-dealkylation sites (N-methyl/N-ethyl adjacent to an activating group) is 1. The fourth-order valence-corrected chi connectivity index (χ4v) is 2.95. The summed E-state index contributed by atoms with van der Waals surface area (Å²) in [4.78, 5) is 25.0. The maximum atomic E-state index is 12.5. The molecule has 3 N–H and O–H groups in total. The van der Waals surface area contributed by atoms with Crippen LogP contribution in [0, 0.1) is 0 Å². The molecule has 1 aliphatic heterocycles.